The first kappa shape index (κ1) is 16.3. The van der Waals surface area contributed by atoms with Crippen LogP contribution in [0.4, 0.5) is 0 Å². The summed E-state index contributed by atoms with van der Waals surface area (Å²) in [5, 5.41) is 0.540. The summed E-state index contributed by atoms with van der Waals surface area (Å²) in [5.74, 6) is -0.568. The van der Waals surface area contributed by atoms with Crippen molar-refractivity contribution in [2.45, 2.75) is 18.7 Å². The molecule has 6 heteroatoms. The Morgan fingerprint density at radius 1 is 1.08 bits per heavy atom. The lowest BCUT2D eigenvalue weighted by Gasteiger charge is -2.11. The third-order valence-corrected chi connectivity index (χ3v) is 5.78. The van der Waals surface area contributed by atoms with Crippen molar-refractivity contribution in [3.8, 4) is 0 Å². The van der Waals surface area contributed by atoms with Gasteiger partial charge in [-0.3, -0.25) is 0 Å². The van der Waals surface area contributed by atoms with Crippen LogP contribution in [0.5, 0.6) is 0 Å². The zero-order valence-electron chi connectivity index (χ0n) is 13.6. The second-order valence-electron chi connectivity index (χ2n) is 5.62. The Morgan fingerprint density at radius 3 is 2.50 bits per heavy atom. The molecule has 1 aromatic heterocycles. The highest BCUT2D eigenvalue weighted by atomic mass is 32.2. The highest BCUT2D eigenvalue weighted by molar-refractivity contribution is 7.90. The first-order chi connectivity index (χ1) is 11.4. The van der Waals surface area contributed by atoms with E-state index in [0.717, 1.165) is 9.54 Å². The quantitative estimate of drug-likeness (QED) is 0.685. The summed E-state index contributed by atoms with van der Waals surface area (Å²) in [7, 11) is -2.56. The summed E-state index contributed by atoms with van der Waals surface area (Å²) in [4.78, 5) is 12.2. The molecule has 3 rings (SSSR count). The molecule has 1 heterocycles. The zero-order valence-corrected chi connectivity index (χ0v) is 14.4. The van der Waals surface area contributed by atoms with E-state index in [9.17, 15) is 13.2 Å². The Hall–Kier alpha value is -2.60. The molecule has 24 heavy (non-hydrogen) atoms. The minimum atomic E-state index is -3.83. The van der Waals surface area contributed by atoms with E-state index in [1.54, 1.807) is 43.3 Å². The van der Waals surface area contributed by atoms with Crippen LogP contribution in [0.1, 0.15) is 21.5 Å². The molecule has 0 bridgehead atoms. The van der Waals surface area contributed by atoms with Gasteiger partial charge >= 0.3 is 5.97 Å². The number of carbonyl (C=O) groups excluding carboxylic acids is 1. The number of rotatable bonds is 3. The van der Waals surface area contributed by atoms with E-state index >= 15 is 0 Å². The number of fused-ring (bicyclic) bond motifs is 1. The van der Waals surface area contributed by atoms with E-state index in [0.29, 0.717) is 16.5 Å². The van der Waals surface area contributed by atoms with Gasteiger partial charge in [0.1, 0.15) is 0 Å². The second kappa shape index (κ2) is 5.79. The molecule has 0 aliphatic rings. The number of esters is 1. The van der Waals surface area contributed by atoms with Crippen LogP contribution in [-0.2, 0) is 14.8 Å². The number of aromatic nitrogens is 1. The predicted molar refractivity (Wildman–Crippen MR) is 91.8 cm³/mol. The lowest BCUT2D eigenvalue weighted by atomic mass is 10.2. The van der Waals surface area contributed by atoms with Crippen LogP contribution in [0.25, 0.3) is 10.9 Å². The van der Waals surface area contributed by atoms with Crippen LogP contribution in [0, 0.1) is 13.8 Å². The maximum atomic E-state index is 13.2. The average Bonchev–Trinajstić information content (AvgIpc) is 2.96. The van der Waals surface area contributed by atoms with Crippen molar-refractivity contribution in [2.75, 3.05) is 7.11 Å². The number of nitrogens with zero attached hydrogens (tertiary/aromatic N) is 1. The molecule has 3 aromatic rings. The minimum absolute atomic E-state index is 0.222. The average molecular weight is 343 g/mol. The molecule has 5 nitrogen and oxygen atoms in total. The number of benzene rings is 2. The van der Waals surface area contributed by atoms with Crippen LogP contribution < -0.4 is 0 Å². The van der Waals surface area contributed by atoms with Gasteiger partial charge in [0.05, 0.1) is 23.1 Å². The number of aryl methyl sites for hydroxylation is 2. The topological polar surface area (TPSA) is 65.4 Å². The summed E-state index contributed by atoms with van der Waals surface area (Å²) in [5.41, 5.74) is 2.17. The zero-order chi connectivity index (χ0) is 17.5. The number of hydrogen-bond acceptors (Lipinski definition) is 4. The van der Waals surface area contributed by atoms with Gasteiger partial charge in [0.25, 0.3) is 10.0 Å². The normalized spacial score (nSPS) is 11.6. The number of carbonyl (C=O) groups is 1. The third-order valence-electron chi connectivity index (χ3n) is 3.96. The number of para-hydroxylation sites is 1. The van der Waals surface area contributed by atoms with Crippen molar-refractivity contribution in [3.05, 3.63) is 65.4 Å². The first-order valence-electron chi connectivity index (χ1n) is 7.37. The first-order valence-corrected chi connectivity index (χ1v) is 8.81. The second-order valence-corrected chi connectivity index (χ2v) is 7.40. The Morgan fingerprint density at radius 2 is 1.79 bits per heavy atom. The highest BCUT2D eigenvalue weighted by Gasteiger charge is 2.25. The molecule has 2 aromatic carbocycles. The number of ether oxygens (including phenoxy) is 1. The third kappa shape index (κ3) is 2.49. The van der Waals surface area contributed by atoms with Crippen LogP contribution in [0.15, 0.2) is 53.6 Å². The van der Waals surface area contributed by atoms with Crippen LogP contribution in [-0.4, -0.2) is 25.5 Å². The number of hydrogen-bond donors (Lipinski definition) is 0. The largest absolute Gasteiger partial charge is 0.465 e. The summed E-state index contributed by atoms with van der Waals surface area (Å²) in [6.45, 7) is 3.59. The summed E-state index contributed by atoms with van der Waals surface area (Å²) < 4.78 is 32.2. The summed E-state index contributed by atoms with van der Waals surface area (Å²) >= 11 is 0. The molecule has 0 amide bonds. The highest BCUT2D eigenvalue weighted by Crippen LogP contribution is 2.28. The van der Waals surface area contributed by atoms with E-state index in [-0.39, 0.29) is 10.5 Å². The molecular formula is C18H17NO4S. The van der Waals surface area contributed by atoms with Gasteiger partial charge in [-0.15, -0.1) is 0 Å². The van der Waals surface area contributed by atoms with Crippen molar-refractivity contribution < 1.29 is 17.9 Å². The summed E-state index contributed by atoms with van der Waals surface area (Å²) in [6, 6.07) is 12.1. The maximum Gasteiger partial charge on any atom is 0.340 e. The van der Waals surface area contributed by atoms with E-state index < -0.39 is 16.0 Å². The van der Waals surface area contributed by atoms with E-state index in [1.807, 2.05) is 13.0 Å². The molecule has 0 atom stereocenters. The molecule has 0 spiro atoms. The Kier molecular flexibility index (Phi) is 3.93. The van der Waals surface area contributed by atoms with E-state index in [4.69, 9.17) is 4.74 Å². The van der Waals surface area contributed by atoms with Gasteiger partial charge in [-0.1, -0.05) is 30.3 Å². The minimum Gasteiger partial charge on any atom is -0.465 e. The van der Waals surface area contributed by atoms with Gasteiger partial charge in [0.2, 0.25) is 0 Å². The van der Waals surface area contributed by atoms with Crippen molar-refractivity contribution in [2.24, 2.45) is 0 Å². The van der Waals surface area contributed by atoms with Crippen molar-refractivity contribution in [1.29, 1.82) is 0 Å². The lowest BCUT2D eigenvalue weighted by Crippen LogP contribution is -2.13. The molecule has 0 aliphatic carbocycles. The molecule has 0 fully saturated rings. The smallest absolute Gasteiger partial charge is 0.340 e. The van der Waals surface area contributed by atoms with Gasteiger partial charge in [0.15, 0.2) is 0 Å². The molecule has 0 radical (unpaired) electrons. The molecule has 124 valence electrons. The standard InChI is InChI=1S/C18H17NO4S/c1-12-8-9-13(2)17(10-12)24(21,22)19-11-15(18(20)23-3)14-6-4-5-7-16(14)19/h4-11H,1-3H3. The number of methoxy groups -OCH3 is 1. The van der Waals surface area contributed by atoms with Crippen LogP contribution in [0.3, 0.4) is 0 Å². The van der Waals surface area contributed by atoms with Gasteiger partial charge in [-0.05, 0) is 37.1 Å². The van der Waals surface area contributed by atoms with Gasteiger partial charge in [-0.25, -0.2) is 17.2 Å². The molecule has 0 N–H and O–H groups in total. The molecule has 0 saturated heterocycles. The van der Waals surface area contributed by atoms with Gasteiger partial charge < -0.3 is 4.74 Å². The molecule has 0 saturated carbocycles. The van der Waals surface area contributed by atoms with Crippen LogP contribution in [0.2, 0.25) is 0 Å². The molecular weight excluding hydrogens is 326 g/mol. The Bertz CT molecular complexity index is 1050. The SMILES string of the molecule is COC(=O)c1cn(S(=O)(=O)c2cc(C)ccc2C)c2ccccc12. The summed E-state index contributed by atoms with van der Waals surface area (Å²) in [6.07, 6.45) is 1.33. The Balaban J connectivity index is 2.33. The Labute approximate surface area is 140 Å². The predicted octanol–water partition coefficient (Wildman–Crippen LogP) is 3.28. The van der Waals surface area contributed by atoms with Crippen LogP contribution >= 0.6 is 0 Å². The van der Waals surface area contributed by atoms with Crippen molar-refractivity contribution in [1.82, 2.24) is 3.97 Å². The molecule has 0 aliphatic heterocycles. The molecule has 0 unspecified atom stereocenters. The van der Waals surface area contributed by atoms with Gasteiger partial charge in [0, 0.05) is 11.6 Å². The van der Waals surface area contributed by atoms with Gasteiger partial charge in [-0.2, -0.15) is 0 Å². The fraction of sp³-hybridized carbons (Fsp3) is 0.167. The van der Waals surface area contributed by atoms with E-state index in [1.165, 1.54) is 13.3 Å². The monoisotopic (exact) mass is 343 g/mol. The van der Waals surface area contributed by atoms with Crippen molar-refractivity contribution in [3.63, 3.8) is 0 Å². The van der Waals surface area contributed by atoms with E-state index in [2.05, 4.69) is 0 Å². The fourth-order valence-electron chi connectivity index (χ4n) is 2.71. The lowest BCUT2D eigenvalue weighted by molar-refractivity contribution is 0.0603. The van der Waals surface area contributed by atoms with Crippen molar-refractivity contribution >= 4 is 26.9 Å². The fourth-order valence-corrected chi connectivity index (χ4v) is 4.40. The maximum absolute atomic E-state index is 13.2.